The number of amides is 1. The molecule has 0 saturated heterocycles. The molecule has 1 amide bonds. The van der Waals surface area contributed by atoms with Crippen LogP contribution < -0.4 is 5.32 Å². The van der Waals surface area contributed by atoms with Gasteiger partial charge in [-0.05, 0) is 42.5 Å². The molecule has 0 bridgehead atoms. The first-order chi connectivity index (χ1) is 14.9. The number of hydrogen-bond acceptors (Lipinski definition) is 5. The molecule has 1 atom stereocenters. The molecule has 170 valence electrons. The number of alkyl halides is 6. The first kappa shape index (κ1) is 23.2. The molecule has 3 aromatic rings. The van der Waals surface area contributed by atoms with E-state index in [9.17, 15) is 40.6 Å². The van der Waals surface area contributed by atoms with Gasteiger partial charge in [0.1, 0.15) is 11.9 Å². The second-order valence-corrected chi connectivity index (χ2v) is 6.47. The van der Waals surface area contributed by atoms with Crippen LogP contribution >= 0.6 is 0 Å². The van der Waals surface area contributed by atoms with Crippen LogP contribution in [0.15, 0.2) is 47.0 Å². The predicted molar refractivity (Wildman–Crippen MR) is 93.4 cm³/mol. The molecule has 0 radical (unpaired) electrons. The van der Waals surface area contributed by atoms with E-state index in [0.717, 1.165) is 24.3 Å². The fourth-order valence-electron chi connectivity index (χ4n) is 2.61. The summed E-state index contributed by atoms with van der Waals surface area (Å²) in [5.41, 5.74) is -3.77. The number of hydrogen-bond donors (Lipinski definition) is 2. The fraction of sp³-hybridized carbons (Fsp3) is 0.211. The summed E-state index contributed by atoms with van der Waals surface area (Å²) in [5.74, 6) is -2.46. The minimum atomic E-state index is -5.07. The Morgan fingerprint density at radius 2 is 1.56 bits per heavy atom. The minimum absolute atomic E-state index is 0.0114. The van der Waals surface area contributed by atoms with Crippen molar-refractivity contribution in [3.05, 3.63) is 70.9 Å². The van der Waals surface area contributed by atoms with E-state index in [0.29, 0.717) is 12.1 Å². The highest BCUT2D eigenvalue weighted by Crippen LogP contribution is 2.38. The van der Waals surface area contributed by atoms with Crippen LogP contribution in [0.1, 0.15) is 33.4 Å². The monoisotopic (exact) mass is 463 g/mol. The Morgan fingerprint density at radius 3 is 2.06 bits per heavy atom. The number of aliphatic hydroxyl groups excluding tert-OH is 1. The summed E-state index contributed by atoms with van der Waals surface area (Å²) in [6.45, 7) is -0.787. The molecule has 0 aliphatic carbocycles. The van der Waals surface area contributed by atoms with E-state index >= 15 is 0 Å². The molecule has 2 N–H and O–H groups in total. The Kier molecular flexibility index (Phi) is 6.21. The Bertz CT molecular complexity index is 1080. The zero-order valence-corrected chi connectivity index (χ0v) is 15.6. The molecular weight excluding hydrogens is 451 g/mol. The lowest BCUT2D eigenvalue weighted by atomic mass is 10.0. The zero-order valence-electron chi connectivity index (χ0n) is 15.6. The number of benzene rings is 2. The van der Waals surface area contributed by atoms with Crippen LogP contribution in [0.2, 0.25) is 0 Å². The average molecular weight is 463 g/mol. The smallest absolute Gasteiger partial charge is 0.394 e. The summed E-state index contributed by atoms with van der Waals surface area (Å²) in [6.07, 6.45) is -10.1. The van der Waals surface area contributed by atoms with Gasteiger partial charge in [0.05, 0.1) is 17.7 Å². The van der Waals surface area contributed by atoms with E-state index < -0.39 is 65.1 Å². The highest BCUT2D eigenvalue weighted by atomic mass is 19.4. The van der Waals surface area contributed by atoms with Gasteiger partial charge in [0, 0.05) is 11.1 Å². The third-order valence-electron chi connectivity index (χ3n) is 4.18. The largest absolute Gasteiger partial charge is 0.416 e. The highest BCUT2D eigenvalue weighted by molar-refractivity contribution is 5.94. The molecule has 0 aliphatic heterocycles. The van der Waals surface area contributed by atoms with Crippen molar-refractivity contribution < 1.29 is 45.2 Å². The van der Waals surface area contributed by atoms with Crippen LogP contribution in [0.5, 0.6) is 0 Å². The van der Waals surface area contributed by atoms with Crippen molar-refractivity contribution in [1.82, 2.24) is 15.5 Å². The molecular formula is C19H12F7N3O3. The van der Waals surface area contributed by atoms with Crippen molar-refractivity contribution >= 4 is 5.91 Å². The predicted octanol–water partition coefficient (Wildman–Crippen LogP) is 4.38. The van der Waals surface area contributed by atoms with Gasteiger partial charge in [0.25, 0.3) is 11.8 Å². The Balaban J connectivity index is 1.91. The SMILES string of the molecule is O=C(N[C@@H](CO)c1nc(-c2cc(C(F)(F)F)cc(C(F)(F)F)c2)no1)c1ccc(F)cc1. The maximum atomic E-state index is 13.0. The van der Waals surface area contributed by atoms with Gasteiger partial charge in [-0.25, -0.2) is 4.39 Å². The van der Waals surface area contributed by atoms with Gasteiger partial charge < -0.3 is 14.9 Å². The van der Waals surface area contributed by atoms with Gasteiger partial charge in [-0.15, -0.1) is 0 Å². The quantitative estimate of drug-likeness (QED) is 0.549. The lowest BCUT2D eigenvalue weighted by Crippen LogP contribution is -2.31. The van der Waals surface area contributed by atoms with Crippen LogP contribution in [0, 0.1) is 5.82 Å². The first-order valence-electron chi connectivity index (χ1n) is 8.69. The Morgan fingerprint density at radius 1 is 1.00 bits per heavy atom. The molecule has 32 heavy (non-hydrogen) atoms. The summed E-state index contributed by atoms with van der Waals surface area (Å²) >= 11 is 0. The number of aromatic nitrogens is 2. The number of carbonyl (C=O) groups excluding carboxylic acids is 1. The van der Waals surface area contributed by atoms with Crippen LogP contribution in [-0.4, -0.2) is 27.8 Å². The van der Waals surface area contributed by atoms with E-state index in [1.165, 1.54) is 0 Å². The van der Waals surface area contributed by atoms with Gasteiger partial charge in [0.15, 0.2) is 0 Å². The Labute approximate surface area is 174 Å². The van der Waals surface area contributed by atoms with Gasteiger partial charge in [-0.3, -0.25) is 4.79 Å². The van der Waals surface area contributed by atoms with Gasteiger partial charge in [-0.2, -0.15) is 31.3 Å². The van der Waals surface area contributed by atoms with Crippen molar-refractivity contribution in [1.29, 1.82) is 0 Å². The number of carbonyl (C=O) groups is 1. The number of nitrogens with one attached hydrogen (secondary N) is 1. The average Bonchev–Trinajstić information content (AvgIpc) is 3.21. The van der Waals surface area contributed by atoms with Crippen molar-refractivity contribution in [3.63, 3.8) is 0 Å². The van der Waals surface area contributed by atoms with E-state index in [-0.39, 0.29) is 11.6 Å². The number of halogens is 7. The Hall–Kier alpha value is -3.48. The molecule has 1 heterocycles. The first-order valence-corrected chi connectivity index (χ1v) is 8.69. The molecule has 0 spiro atoms. The lowest BCUT2D eigenvalue weighted by molar-refractivity contribution is -0.143. The molecule has 2 aromatic carbocycles. The van der Waals surface area contributed by atoms with Gasteiger partial charge in [0.2, 0.25) is 5.82 Å². The standard InChI is InChI=1S/C19H12F7N3O3/c20-13-3-1-9(2-4-13)16(31)27-14(8-30)17-28-15(29-32-17)10-5-11(18(21,22)23)7-12(6-10)19(24,25)26/h1-7,14,30H,8H2,(H,27,31)/t14-/m0/s1. The van der Waals surface area contributed by atoms with E-state index in [1.54, 1.807) is 0 Å². The number of aliphatic hydroxyl groups is 1. The van der Waals surface area contributed by atoms with Crippen LogP contribution in [-0.2, 0) is 12.4 Å². The summed E-state index contributed by atoms with van der Waals surface area (Å²) < 4.78 is 96.0. The highest BCUT2D eigenvalue weighted by Gasteiger charge is 2.37. The van der Waals surface area contributed by atoms with E-state index in [2.05, 4.69) is 15.5 Å². The molecule has 0 unspecified atom stereocenters. The topological polar surface area (TPSA) is 88.2 Å². The maximum Gasteiger partial charge on any atom is 0.416 e. The van der Waals surface area contributed by atoms with E-state index in [1.807, 2.05) is 0 Å². The maximum absolute atomic E-state index is 13.0. The van der Waals surface area contributed by atoms with Crippen LogP contribution in [0.3, 0.4) is 0 Å². The second-order valence-electron chi connectivity index (χ2n) is 6.47. The molecule has 0 aliphatic rings. The number of nitrogens with zero attached hydrogens (tertiary/aromatic N) is 2. The fourth-order valence-corrected chi connectivity index (χ4v) is 2.61. The minimum Gasteiger partial charge on any atom is -0.394 e. The molecule has 13 heteroatoms. The van der Waals surface area contributed by atoms with Gasteiger partial charge in [-0.1, -0.05) is 5.16 Å². The molecule has 6 nitrogen and oxygen atoms in total. The summed E-state index contributed by atoms with van der Waals surface area (Å²) in [6, 6.07) is 3.77. The summed E-state index contributed by atoms with van der Waals surface area (Å²) in [4.78, 5) is 15.9. The summed E-state index contributed by atoms with van der Waals surface area (Å²) in [7, 11) is 0. The molecule has 1 aromatic heterocycles. The number of rotatable bonds is 5. The van der Waals surface area contributed by atoms with Crippen molar-refractivity contribution in [2.24, 2.45) is 0 Å². The lowest BCUT2D eigenvalue weighted by Gasteiger charge is -2.13. The van der Waals surface area contributed by atoms with Crippen LogP contribution in [0.4, 0.5) is 30.7 Å². The third kappa shape index (κ3) is 5.22. The van der Waals surface area contributed by atoms with Crippen LogP contribution in [0.25, 0.3) is 11.4 Å². The third-order valence-corrected chi connectivity index (χ3v) is 4.18. The molecule has 3 rings (SSSR count). The van der Waals surface area contributed by atoms with Crippen molar-refractivity contribution in [3.8, 4) is 11.4 Å². The molecule has 0 saturated carbocycles. The van der Waals surface area contributed by atoms with Crippen molar-refractivity contribution in [2.75, 3.05) is 6.61 Å². The van der Waals surface area contributed by atoms with Gasteiger partial charge >= 0.3 is 12.4 Å². The summed E-state index contributed by atoms with van der Waals surface area (Å²) in [5, 5.41) is 15.1. The molecule has 0 fully saturated rings. The zero-order chi connectivity index (χ0) is 23.7. The normalized spacial score (nSPS) is 13.1. The van der Waals surface area contributed by atoms with E-state index in [4.69, 9.17) is 4.52 Å². The van der Waals surface area contributed by atoms with Crippen molar-refractivity contribution in [2.45, 2.75) is 18.4 Å². The second kappa shape index (κ2) is 8.57.